The summed E-state index contributed by atoms with van der Waals surface area (Å²) in [5.41, 5.74) is 4.81. The molecule has 3 rings (SSSR count). The lowest BCUT2D eigenvalue weighted by molar-refractivity contribution is -0.0269. The second kappa shape index (κ2) is 32.1. The predicted octanol–water partition coefficient (Wildman–Crippen LogP) is 4.24. The Bertz CT molecular complexity index is 1170. The van der Waals surface area contributed by atoms with Gasteiger partial charge in [0, 0.05) is 19.1 Å². The molecule has 0 radical (unpaired) electrons. The van der Waals surface area contributed by atoms with Gasteiger partial charge in [0.2, 0.25) is 0 Å². The molecule has 0 atom stereocenters. The summed E-state index contributed by atoms with van der Waals surface area (Å²) in [6, 6.07) is 16.6. The number of hydrogen-bond donors (Lipinski definition) is 1. The van der Waals surface area contributed by atoms with Crippen LogP contribution in [0.1, 0.15) is 23.5 Å². The average Bonchev–Trinajstić information content (AvgIpc) is 3.52. The first kappa shape index (κ1) is 45.2. The van der Waals surface area contributed by atoms with Crippen molar-refractivity contribution in [2.75, 3.05) is 152 Å². The van der Waals surface area contributed by atoms with Crippen LogP contribution in [-0.4, -0.2) is 158 Å². The SMILES string of the molecule is C=COCCOCCOCCOCCOCCOCCOCCOCCOCCOCCOCCCNC(=O)OCC1c2ccccc2-c2ccccc21. The summed E-state index contributed by atoms with van der Waals surface area (Å²) in [7, 11) is 0. The third-order valence-electron chi connectivity index (χ3n) is 7.89. The van der Waals surface area contributed by atoms with Crippen LogP contribution in [0.15, 0.2) is 61.4 Å². The lowest BCUT2D eigenvalue weighted by Crippen LogP contribution is -2.27. The Balaban J connectivity index is 0.947. The highest BCUT2D eigenvalue weighted by Gasteiger charge is 2.28. The molecule has 0 unspecified atom stereocenters. The lowest BCUT2D eigenvalue weighted by atomic mass is 9.98. The Morgan fingerprint density at radius 1 is 0.500 bits per heavy atom. The van der Waals surface area contributed by atoms with E-state index in [2.05, 4.69) is 36.2 Å². The molecule has 0 bridgehead atoms. The molecule has 304 valence electrons. The zero-order chi connectivity index (χ0) is 38.0. The van der Waals surface area contributed by atoms with Crippen LogP contribution in [0.2, 0.25) is 0 Å². The number of fused-ring (bicyclic) bond motifs is 3. The second-order valence-corrected chi connectivity index (χ2v) is 11.8. The Morgan fingerprint density at radius 3 is 1.20 bits per heavy atom. The standard InChI is InChI=1S/C40H61NO13/c1-2-43-14-15-45-18-19-47-22-23-49-26-27-51-30-31-53-33-32-52-29-28-50-25-24-48-21-20-46-17-16-44-13-7-12-41-40(42)54-34-39-37-10-5-3-8-35(37)36-9-4-6-11-38(36)39/h2-6,8-11,39H,1,7,12-34H2,(H,41,42). The monoisotopic (exact) mass is 763 g/mol. The molecule has 0 aromatic heterocycles. The quantitative estimate of drug-likeness (QED) is 0.0776. The van der Waals surface area contributed by atoms with E-state index in [0.717, 1.165) is 0 Å². The fourth-order valence-corrected chi connectivity index (χ4v) is 5.29. The number of rotatable bonds is 37. The maximum Gasteiger partial charge on any atom is 0.407 e. The minimum atomic E-state index is -0.416. The number of carbonyl (C=O) groups excluding carboxylic acids is 1. The first-order valence-corrected chi connectivity index (χ1v) is 18.9. The van der Waals surface area contributed by atoms with Crippen molar-refractivity contribution in [1.29, 1.82) is 0 Å². The summed E-state index contributed by atoms with van der Waals surface area (Å²) in [6.45, 7) is 14.7. The van der Waals surface area contributed by atoms with E-state index in [0.29, 0.717) is 158 Å². The number of hydrogen-bond acceptors (Lipinski definition) is 13. The zero-order valence-corrected chi connectivity index (χ0v) is 31.8. The summed E-state index contributed by atoms with van der Waals surface area (Å²) in [6.07, 6.45) is 1.66. The highest BCUT2D eigenvalue weighted by atomic mass is 16.6. The van der Waals surface area contributed by atoms with Gasteiger partial charge in [-0.3, -0.25) is 0 Å². The van der Waals surface area contributed by atoms with Gasteiger partial charge in [-0.2, -0.15) is 0 Å². The Morgan fingerprint density at radius 2 is 0.833 bits per heavy atom. The third kappa shape index (κ3) is 21.1. The molecule has 1 amide bonds. The van der Waals surface area contributed by atoms with Crippen molar-refractivity contribution in [3.63, 3.8) is 0 Å². The van der Waals surface area contributed by atoms with Crippen LogP contribution in [-0.2, 0) is 56.8 Å². The minimum absolute atomic E-state index is 0.0492. The number of carbonyl (C=O) groups is 1. The number of benzene rings is 2. The largest absolute Gasteiger partial charge is 0.499 e. The van der Waals surface area contributed by atoms with E-state index in [1.54, 1.807) is 0 Å². The van der Waals surface area contributed by atoms with E-state index in [9.17, 15) is 4.79 Å². The number of ether oxygens (including phenoxy) is 12. The van der Waals surface area contributed by atoms with Gasteiger partial charge in [-0.25, -0.2) is 4.79 Å². The first-order chi connectivity index (χ1) is 26.8. The van der Waals surface area contributed by atoms with Crippen LogP contribution < -0.4 is 5.32 Å². The molecule has 2 aromatic rings. The average molecular weight is 764 g/mol. The van der Waals surface area contributed by atoms with Gasteiger partial charge in [0.1, 0.15) is 13.2 Å². The van der Waals surface area contributed by atoms with Crippen molar-refractivity contribution in [1.82, 2.24) is 5.32 Å². The van der Waals surface area contributed by atoms with Crippen molar-refractivity contribution in [3.05, 3.63) is 72.5 Å². The van der Waals surface area contributed by atoms with E-state index in [1.807, 2.05) is 24.3 Å². The topological polar surface area (TPSA) is 140 Å². The van der Waals surface area contributed by atoms with Gasteiger partial charge < -0.3 is 62.2 Å². The molecule has 1 aliphatic rings. The van der Waals surface area contributed by atoms with Crippen LogP contribution in [0, 0.1) is 0 Å². The van der Waals surface area contributed by atoms with Crippen molar-refractivity contribution >= 4 is 6.09 Å². The second-order valence-electron chi connectivity index (χ2n) is 11.8. The normalized spacial score (nSPS) is 12.1. The molecule has 14 nitrogen and oxygen atoms in total. The van der Waals surface area contributed by atoms with E-state index >= 15 is 0 Å². The van der Waals surface area contributed by atoms with Gasteiger partial charge in [0.25, 0.3) is 0 Å². The third-order valence-corrected chi connectivity index (χ3v) is 7.89. The molecule has 0 spiro atoms. The summed E-state index contributed by atoms with van der Waals surface area (Å²) >= 11 is 0. The molecule has 1 aliphatic carbocycles. The van der Waals surface area contributed by atoms with E-state index in [4.69, 9.17) is 56.8 Å². The summed E-state index contributed by atoms with van der Waals surface area (Å²) < 4.78 is 65.3. The number of amides is 1. The number of alkyl carbamates (subject to hydrolysis) is 1. The van der Waals surface area contributed by atoms with E-state index in [-0.39, 0.29) is 5.92 Å². The van der Waals surface area contributed by atoms with Gasteiger partial charge in [-0.05, 0) is 28.7 Å². The summed E-state index contributed by atoms with van der Waals surface area (Å²) in [5, 5.41) is 2.80. The fraction of sp³-hybridized carbons (Fsp3) is 0.625. The van der Waals surface area contributed by atoms with Crippen molar-refractivity contribution in [3.8, 4) is 11.1 Å². The smallest absolute Gasteiger partial charge is 0.407 e. The highest BCUT2D eigenvalue weighted by molar-refractivity contribution is 5.79. The van der Waals surface area contributed by atoms with E-state index in [1.165, 1.54) is 28.5 Å². The molecule has 2 aromatic carbocycles. The van der Waals surface area contributed by atoms with Gasteiger partial charge in [0.15, 0.2) is 0 Å². The Labute approximate surface area is 320 Å². The van der Waals surface area contributed by atoms with Gasteiger partial charge in [0.05, 0.1) is 132 Å². The van der Waals surface area contributed by atoms with Crippen LogP contribution >= 0.6 is 0 Å². The molecular weight excluding hydrogens is 702 g/mol. The molecule has 0 heterocycles. The highest BCUT2D eigenvalue weighted by Crippen LogP contribution is 2.44. The fourth-order valence-electron chi connectivity index (χ4n) is 5.29. The molecule has 0 aliphatic heterocycles. The minimum Gasteiger partial charge on any atom is -0.499 e. The van der Waals surface area contributed by atoms with Gasteiger partial charge in [-0.15, -0.1) is 0 Å². The molecule has 0 fully saturated rings. The van der Waals surface area contributed by atoms with Gasteiger partial charge in [-0.1, -0.05) is 55.1 Å². The van der Waals surface area contributed by atoms with Crippen LogP contribution in [0.25, 0.3) is 11.1 Å². The molecule has 0 saturated heterocycles. The molecule has 1 N–H and O–H groups in total. The molecule has 0 saturated carbocycles. The van der Waals surface area contributed by atoms with Crippen LogP contribution in [0.5, 0.6) is 0 Å². The Kier molecular flexibility index (Phi) is 26.9. The van der Waals surface area contributed by atoms with Gasteiger partial charge >= 0.3 is 6.09 Å². The lowest BCUT2D eigenvalue weighted by Gasteiger charge is -2.14. The first-order valence-electron chi connectivity index (χ1n) is 18.9. The molecule has 14 heteroatoms. The van der Waals surface area contributed by atoms with Crippen LogP contribution in [0.4, 0.5) is 4.79 Å². The summed E-state index contributed by atoms with van der Waals surface area (Å²) in [5.74, 6) is 0.0492. The van der Waals surface area contributed by atoms with Crippen molar-refractivity contribution < 1.29 is 61.6 Å². The maximum atomic E-state index is 12.3. The number of nitrogens with one attached hydrogen (secondary N) is 1. The maximum absolute atomic E-state index is 12.3. The van der Waals surface area contributed by atoms with Crippen molar-refractivity contribution in [2.24, 2.45) is 0 Å². The molecular formula is C40H61NO13. The predicted molar refractivity (Wildman–Crippen MR) is 202 cm³/mol. The summed E-state index contributed by atoms with van der Waals surface area (Å²) in [4.78, 5) is 12.3. The van der Waals surface area contributed by atoms with Crippen LogP contribution in [0.3, 0.4) is 0 Å². The van der Waals surface area contributed by atoms with Crippen molar-refractivity contribution in [2.45, 2.75) is 12.3 Å². The molecule has 54 heavy (non-hydrogen) atoms. The Hall–Kier alpha value is -3.15. The van der Waals surface area contributed by atoms with E-state index < -0.39 is 6.09 Å². The zero-order valence-electron chi connectivity index (χ0n) is 31.8.